The van der Waals surface area contributed by atoms with Gasteiger partial charge in [-0.3, -0.25) is 0 Å². The van der Waals surface area contributed by atoms with Crippen molar-refractivity contribution in [2.75, 3.05) is 13.7 Å². The number of esters is 1. The van der Waals surface area contributed by atoms with Gasteiger partial charge in [0.2, 0.25) is 0 Å². The molecule has 0 saturated heterocycles. The molecule has 0 aromatic heterocycles. The minimum absolute atomic E-state index is 0.363. The molecule has 0 aliphatic heterocycles. The van der Waals surface area contributed by atoms with Crippen LogP contribution in [0.15, 0.2) is 30.3 Å². The van der Waals surface area contributed by atoms with Crippen molar-refractivity contribution in [1.82, 2.24) is 0 Å². The summed E-state index contributed by atoms with van der Waals surface area (Å²) in [4.78, 5) is 11.4. The van der Waals surface area contributed by atoms with Crippen molar-refractivity contribution in [3.8, 4) is 0 Å². The van der Waals surface area contributed by atoms with Crippen LogP contribution < -0.4 is 0 Å². The van der Waals surface area contributed by atoms with E-state index in [-0.39, 0.29) is 5.97 Å². The zero-order valence-electron chi connectivity index (χ0n) is 8.40. The van der Waals surface area contributed by atoms with Gasteiger partial charge in [-0.25, -0.2) is 4.79 Å². The smallest absolute Gasteiger partial charge is 0.339 e. The van der Waals surface area contributed by atoms with Gasteiger partial charge < -0.3 is 9.47 Å². The average molecular weight is 194 g/mol. The molecule has 1 rings (SSSR count). The predicted octanol–water partition coefficient (Wildman–Crippen LogP) is 1.94. The van der Waals surface area contributed by atoms with E-state index in [1.807, 2.05) is 37.3 Å². The van der Waals surface area contributed by atoms with Gasteiger partial charge in [-0.15, -0.1) is 0 Å². The van der Waals surface area contributed by atoms with Crippen LogP contribution in [0.3, 0.4) is 0 Å². The molecule has 1 aromatic carbocycles. The molecule has 0 bridgehead atoms. The van der Waals surface area contributed by atoms with Crippen molar-refractivity contribution in [3.05, 3.63) is 35.9 Å². The van der Waals surface area contributed by atoms with E-state index in [9.17, 15) is 4.79 Å². The van der Waals surface area contributed by atoms with Crippen LogP contribution in [-0.4, -0.2) is 19.7 Å². The van der Waals surface area contributed by atoms with Crippen molar-refractivity contribution in [1.29, 1.82) is 0 Å². The third kappa shape index (κ3) is 2.57. The number of hydrogen-bond acceptors (Lipinski definition) is 3. The monoisotopic (exact) mass is 194 g/mol. The highest BCUT2D eigenvalue weighted by atomic mass is 16.6. The number of carbonyl (C=O) groups excluding carboxylic acids is 1. The summed E-state index contributed by atoms with van der Waals surface area (Å²) in [5.41, 5.74) is 0.821. The van der Waals surface area contributed by atoms with Crippen molar-refractivity contribution in [3.63, 3.8) is 0 Å². The lowest BCUT2D eigenvalue weighted by Gasteiger charge is -2.14. The largest absolute Gasteiger partial charge is 0.467 e. The Kier molecular flexibility index (Phi) is 4.13. The fraction of sp³-hybridized carbons (Fsp3) is 0.364. The summed E-state index contributed by atoms with van der Waals surface area (Å²) in [6.07, 6.45) is -0.605. The molecule has 3 heteroatoms. The second-order valence-electron chi connectivity index (χ2n) is 2.77. The first kappa shape index (κ1) is 10.7. The molecular weight excluding hydrogens is 180 g/mol. The normalized spacial score (nSPS) is 12.1. The van der Waals surface area contributed by atoms with Crippen LogP contribution in [0.4, 0.5) is 0 Å². The van der Waals surface area contributed by atoms with Crippen LogP contribution in [0.5, 0.6) is 0 Å². The number of hydrogen-bond donors (Lipinski definition) is 0. The van der Waals surface area contributed by atoms with Gasteiger partial charge in [0.1, 0.15) is 0 Å². The lowest BCUT2D eigenvalue weighted by atomic mass is 10.1. The van der Waals surface area contributed by atoms with Gasteiger partial charge in [-0.1, -0.05) is 30.3 Å². The second kappa shape index (κ2) is 5.40. The van der Waals surface area contributed by atoms with Crippen molar-refractivity contribution < 1.29 is 14.3 Å². The van der Waals surface area contributed by atoms with Gasteiger partial charge in [0.25, 0.3) is 0 Å². The minimum atomic E-state index is -0.605. The van der Waals surface area contributed by atoms with Crippen LogP contribution in [0.2, 0.25) is 0 Å². The molecule has 0 radical (unpaired) electrons. The van der Waals surface area contributed by atoms with E-state index in [0.717, 1.165) is 5.56 Å². The lowest BCUT2D eigenvalue weighted by Crippen LogP contribution is -2.17. The third-order valence-electron chi connectivity index (χ3n) is 1.85. The second-order valence-corrected chi connectivity index (χ2v) is 2.77. The van der Waals surface area contributed by atoms with E-state index in [1.165, 1.54) is 7.11 Å². The first-order valence-corrected chi connectivity index (χ1v) is 4.54. The summed E-state index contributed by atoms with van der Waals surface area (Å²) in [5, 5.41) is 0. The summed E-state index contributed by atoms with van der Waals surface area (Å²) < 4.78 is 9.96. The minimum Gasteiger partial charge on any atom is -0.467 e. The Morgan fingerprint density at radius 2 is 2.00 bits per heavy atom. The first-order chi connectivity index (χ1) is 6.79. The Hall–Kier alpha value is -1.35. The van der Waals surface area contributed by atoms with Crippen LogP contribution in [0, 0.1) is 0 Å². The predicted molar refractivity (Wildman–Crippen MR) is 52.8 cm³/mol. The highest BCUT2D eigenvalue weighted by Gasteiger charge is 2.20. The van der Waals surface area contributed by atoms with E-state index in [2.05, 4.69) is 4.74 Å². The molecule has 1 aromatic rings. The topological polar surface area (TPSA) is 35.5 Å². The number of ether oxygens (including phenoxy) is 2. The van der Waals surface area contributed by atoms with Gasteiger partial charge >= 0.3 is 5.97 Å². The lowest BCUT2D eigenvalue weighted by molar-refractivity contribution is -0.154. The van der Waals surface area contributed by atoms with Crippen molar-refractivity contribution >= 4 is 5.97 Å². The van der Waals surface area contributed by atoms with Crippen molar-refractivity contribution in [2.45, 2.75) is 13.0 Å². The van der Waals surface area contributed by atoms with Crippen LogP contribution in [0.1, 0.15) is 18.6 Å². The quantitative estimate of drug-likeness (QED) is 0.687. The summed E-state index contributed by atoms with van der Waals surface area (Å²) in [5.74, 6) is -0.363. The standard InChI is InChI=1S/C11H14O3/c1-3-14-10(11(12)13-2)9-7-5-4-6-8-9/h4-8,10H,3H2,1-2H3/t10-/m1/s1. The molecule has 0 spiro atoms. The summed E-state index contributed by atoms with van der Waals surface area (Å²) >= 11 is 0. The number of methoxy groups -OCH3 is 1. The fourth-order valence-corrected chi connectivity index (χ4v) is 1.20. The Morgan fingerprint density at radius 3 is 2.50 bits per heavy atom. The molecule has 1 atom stereocenters. The molecule has 0 aliphatic carbocycles. The number of carbonyl (C=O) groups is 1. The summed E-state index contributed by atoms with van der Waals surface area (Å²) in [7, 11) is 1.36. The molecule has 76 valence electrons. The summed E-state index contributed by atoms with van der Waals surface area (Å²) in [6.45, 7) is 2.33. The molecule has 14 heavy (non-hydrogen) atoms. The zero-order chi connectivity index (χ0) is 10.4. The first-order valence-electron chi connectivity index (χ1n) is 4.54. The molecule has 0 N–H and O–H groups in total. The average Bonchev–Trinajstić information content (AvgIpc) is 2.26. The maximum absolute atomic E-state index is 11.4. The Labute approximate surface area is 83.6 Å². The third-order valence-corrected chi connectivity index (χ3v) is 1.85. The zero-order valence-corrected chi connectivity index (χ0v) is 8.40. The SMILES string of the molecule is CCO[C@@H](C(=O)OC)c1ccccc1. The van der Waals surface area contributed by atoms with E-state index in [4.69, 9.17) is 4.74 Å². The number of rotatable bonds is 4. The Balaban J connectivity index is 2.83. The van der Waals surface area contributed by atoms with E-state index in [1.54, 1.807) is 0 Å². The van der Waals surface area contributed by atoms with Crippen LogP contribution in [-0.2, 0) is 14.3 Å². The highest BCUT2D eigenvalue weighted by molar-refractivity contribution is 5.76. The van der Waals surface area contributed by atoms with Crippen molar-refractivity contribution in [2.24, 2.45) is 0 Å². The molecule has 3 nitrogen and oxygen atoms in total. The molecule has 0 amide bonds. The van der Waals surface area contributed by atoms with Gasteiger partial charge in [0.15, 0.2) is 6.10 Å². The van der Waals surface area contributed by atoms with Crippen LogP contribution in [0.25, 0.3) is 0 Å². The number of benzene rings is 1. The van der Waals surface area contributed by atoms with Gasteiger partial charge in [-0.2, -0.15) is 0 Å². The maximum atomic E-state index is 11.4. The van der Waals surface area contributed by atoms with E-state index >= 15 is 0 Å². The highest BCUT2D eigenvalue weighted by Crippen LogP contribution is 2.18. The van der Waals surface area contributed by atoms with Gasteiger partial charge in [0.05, 0.1) is 7.11 Å². The molecule has 0 unspecified atom stereocenters. The molecule has 0 heterocycles. The molecule has 0 saturated carbocycles. The fourth-order valence-electron chi connectivity index (χ4n) is 1.20. The maximum Gasteiger partial charge on any atom is 0.339 e. The van der Waals surface area contributed by atoms with Gasteiger partial charge in [0, 0.05) is 6.61 Å². The molecule has 0 fully saturated rings. The molecular formula is C11H14O3. The Morgan fingerprint density at radius 1 is 1.36 bits per heavy atom. The Bertz CT molecular complexity index is 282. The summed E-state index contributed by atoms with van der Waals surface area (Å²) in [6, 6.07) is 9.31. The van der Waals surface area contributed by atoms with Gasteiger partial charge in [-0.05, 0) is 12.5 Å². The van der Waals surface area contributed by atoms with E-state index < -0.39 is 6.10 Å². The molecule has 0 aliphatic rings. The van der Waals surface area contributed by atoms with E-state index in [0.29, 0.717) is 6.61 Å². The van der Waals surface area contributed by atoms with Crippen LogP contribution >= 0.6 is 0 Å².